The smallest absolute Gasteiger partial charge is 0.376 e. The molecule has 166 valence electrons. The summed E-state index contributed by atoms with van der Waals surface area (Å²) in [6.07, 6.45) is -4.42. The molecule has 0 spiro atoms. The summed E-state index contributed by atoms with van der Waals surface area (Å²) in [6, 6.07) is 8.50. The highest BCUT2D eigenvalue weighted by Crippen LogP contribution is 2.37. The Bertz CT molecular complexity index is 1260. The number of carbonyl (C=O) groups excluding carboxylic acids is 2. The lowest BCUT2D eigenvalue weighted by molar-refractivity contribution is -0.115. The molecule has 0 unspecified atom stereocenters. The lowest BCUT2D eigenvalue weighted by atomic mass is 9.95. The third-order valence-electron chi connectivity index (χ3n) is 5.40. The van der Waals surface area contributed by atoms with Crippen LogP contribution in [0.15, 0.2) is 42.5 Å². The van der Waals surface area contributed by atoms with Crippen LogP contribution in [0.25, 0.3) is 22.0 Å². The molecule has 2 heterocycles. The first-order valence-electron chi connectivity index (χ1n) is 9.73. The van der Waals surface area contributed by atoms with Crippen molar-refractivity contribution in [1.82, 2.24) is 15.1 Å². The third-order valence-corrected chi connectivity index (χ3v) is 5.40. The quantitative estimate of drug-likeness (QED) is 0.507. The number of aromatic nitrogens is 2. The molecule has 7 nitrogen and oxygen atoms in total. The summed E-state index contributed by atoms with van der Waals surface area (Å²) >= 11 is 0. The molecule has 2 amide bonds. The number of anilines is 1. The third kappa shape index (κ3) is 4.03. The van der Waals surface area contributed by atoms with Gasteiger partial charge in [-0.15, -0.1) is 0 Å². The Hall–Kier alpha value is -3.82. The highest BCUT2D eigenvalue weighted by molar-refractivity contribution is 6.03. The fourth-order valence-corrected chi connectivity index (χ4v) is 3.77. The van der Waals surface area contributed by atoms with E-state index in [1.807, 2.05) is 13.0 Å². The number of hydrogen-bond donors (Lipinski definition) is 3. The maximum absolute atomic E-state index is 13.0. The SMILES string of the molecule is C=C(CN1Cc2c(cc(NCC(F)(F)F)cc2-c2ccc3n[nH]c(C)c3c2)C1=O)C(N)=O. The number of primary amides is 1. The van der Waals surface area contributed by atoms with Crippen LogP contribution >= 0.6 is 0 Å². The summed E-state index contributed by atoms with van der Waals surface area (Å²) in [6.45, 7) is 4.34. The van der Waals surface area contributed by atoms with Crippen molar-refractivity contribution in [3.8, 4) is 11.1 Å². The van der Waals surface area contributed by atoms with Gasteiger partial charge < -0.3 is 16.0 Å². The van der Waals surface area contributed by atoms with Crippen LogP contribution in [0.4, 0.5) is 18.9 Å². The Balaban J connectivity index is 1.80. The number of fused-ring (bicyclic) bond motifs is 2. The van der Waals surface area contributed by atoms with E-state index in [0.717, 1.165) is 22.2 Å². The molecule has 0 fully saturated rings. The lowest BCUT2D eigenvalue weighted by Gasteiger charge is -2.16. The number of rotatable bonds is 6. The van der Waals surface area contributed by atoms with Gasteiger partial charge in [-0.2, -0.15) is 18.3 Å². The van der Waals surface area contributed by atoms with E-state index >= 15 is 0 Å². The van der Waals surface area contributed by atoms with Crippen molar-refractivity contribution in [3.63, 3.8) is 0 Å². The van der Waals surface area contributed by atoms with Crippen LogP contribution in [0.2, 0.25) is 0 Å². The lowest BCUT2D eigenvalue weighted by Crippen LogP contribution is -2.30. The van der Waals surface area contributed by atoms with Crippen LogP contribution in [-0.2, 0) is 11.3 Å². The van der Waals surface area contributed by atoms with Crippen LogP contribution in [0.5, 0.6) is 0 Å². The average Bonchev–Trinajstić information content (AvgIpc) is 3.25. The zero-order valence-corrected chi connectivity index (χ0v) is 17.1. The van der Waals surface area contributed by atoms with E-state index in [4.69, 9.17) is 5.73 Å². The Morgan fingerprint density at radius 2 is 2.00 bits per heavy atom. The predicted molar refractivity (Wildman–Crippen MR) is 114 cm³/mol. The van der Waals surface area contributed by atoms with Gasteiger partial charge in [-0.25, -0.2) is 0 Å². The van der Waals surface area contributed by atoms with Crippen LogP contribution in [0.1, 0.15) is 21.6 Å². The number of nitrogens with two attached hydrogens (primary N) is 1. The summed E-state index contributed by atoms with van der Waals surface area (Å²) < 4.78 is 38.3. The number of halogens is 3. The van der Waals surface area contributed by atoms with E-state index in [9.17, 15) is 22.8 Å². The number of nitrogens with one attached hydrogen (secondary N) is 2. The number of nitrogens with zero attached hydrogens (tertiary/aromatic N) is 2. The molecule has 4 rings (SSSR count). The molecule has 10 heteroatoms. The van der Waals surface area contributed by atoms with E-state index in [-0.39, 0.29) is 29.9 Å². The minimum atomic E-state index is -4.42. The van der Waals surface area contributed by atoms with Gasteiger partial charge in [0.1, 0.15) is 6.54 Å². The Kier molecular flexibility index (Phi) is 5.15. The minimum Gasteiger partial charge on any atom is -0.376 e. The summed E-state index contributed by atoms with van der Waals surface area (Å²) in [4.78, 5) is 25.8. The summed E-state index contributed by atoms with van der Waals surface area (Å²) in [5.74, 6) is -1.12. The van der Waals surface area contributed by atoms with Gasteiger partial charge in [-0.1, -0.05) is 12.6 Å². The maximum Gasteiger partial charge on any atom is 0.405 e. The van der Waals surface area contributed by atoms with Crippen molar-refractivity contribution < 1.29 is 22.8 Å². The number of alkyl halides is 3. The average molecular weight is 443 g/mol. The van der Waals surface area contributed by atoms with Crippen LogP contribution in [0, 0.1) is 6.92 Å². The zero-order chi connectivity index (χ0) is 23.2. The number of hydrogen-bond acceptors (Lipinski definition) is 4. The highest BCUT2D eigenvalue weighted by Gasteiger charge is 2.32. The molecular formula is C22H20F3N5O2. The molecule has 4 N–H and O–H groups in total. The minimum absolute atomic E-state index is 0.0620. The van der Waals surface area contributed by atoms with Crippen molar-refractivity contribution in [2.24, 2.45) is 5.73 Å². The summed E-state index contributed by atoms with van der Waals surface area (Å²) in [5.41, 5.74) is 9.37. The molecule has 0 aliphatic carbocycles. The molecule has 0 saturated heterocycles. The molecule has 1 aliphatic rings. The second-order valence-electron chi connectivity index (χ2n) is 7.73. The normalized spacial score (nSPS) is 13.5. The highest BCUT2D eigenvalue weighted by atomic mass is 19.4. The fraction of sp³-hybridized carbons (Fsp3) is 0.227. The number of amides is 2. The second-order valence-corrected chi connectivity index (χ2v) is 7.73. The molecule has 1 aliphatic heterocycles. The van der Waals surface area contributed by atoms with Gasteiger partial charge in [0.25, 0.3) is 5.91 Å². The van der Waals surface area contributed by atoms with Gasteiger partial charge in [-0.3, -0.25) is 14.7 Å². The van der Waals surface area contributed by atoms with E-state index < -0.39 is 24.5 Å². The van der Waals surface area contributed by atoms with Crippen molar-refractivity contribution in [3.05, 3.63) is 59.3 Å². The maximum atomic E-state index is 13.0. The van der Waals surface area contributed by atoms with E-state index in [2.05, 4.69) is 22.1 Å². The Morgan fingerprint density at radius 1 is 1.28 bits per heavy atom. The number of carbonyl (C=O) groups is 2. The molecule has 0 saturated carbocycles. The predicted octanol–water partition coefficient (Wildman–Crippen LogP) is 3.51. The topological polar surface area (TPSA) is 104 Å². The molecule has 3 aromatic rings. The van der Waals surface area contributed by atoms with Crippen LogP contribution in [-0.4, -0.2) is 46.2 Å². The molecule has 0 radical (unpaired) electrons. The van der Waals surface area contributed by atoms with Gasteiger partial charge in [0.15, 0.2) is 0 Å². The van der Waals surface area contributed by atoms with Crippen molar-refractivity contribution in [2.45, 2.75) is 19.6 Å². The monoisotopic (exact) mass is 443 g/mol. The molecule has 0 bridgehead atoms. The molecule has 32 heavy (non-hydrogen) atoms. The standard InChI is InChI=1S/C22H20F3N5O2/c1-11(20(26)31)8-30-9-18-16(13-3-4-19-15(5-13)12(2)28-29-19)6-14(7-17(18)21(30)32)27-10-22(23,24)25/h3-7,27H,1,8-10H2,2H3,(H2,26,31)(H,28,29). The zero-order valence-electron chi connectivity index (χ0n) is 17.1. The first-order valence-corrected chi connectivity index (χ1v) is 9.73. The first-order chi connectivity index (χ1) is 15.0. The first kappa shape index (κ1) is 21.4. The van der Waals surface area contributed by atoms with Gasteiger partial charge >= 0.3 is 6.18 Å². The Morgan fingerprint density at radius 3 is 2.69 bits per heavy atom. The fourth-order valence-electron chi connectivity index (χ4n) is 3.77. The van der Waals surface area contributed by atoms with Gasteiger partial charge in [0.2, 0.25) is 5.91 Å². The Labute approximate surface area is 181 Å². The van der Waals surface area contributed by atoms with Gasteiger partial charge in [0.05, 0.1) is 12.1 Å². The van der Waals surface area contributed by atoms with Gasteiger partial charge in [-0.05, 0) is 47.9 Å². The number of H-pyrrole nitrogens is 1. The van der Waals surface area contributed by atoms with Crippen molar-refractivity contribution >= 4 is 28.4 Å². The van der Waals surface area contributed by atoms with Crippen molar-refractivity contribution in [2.75, 3.05) is 18.4 Å². The van der Waals surface area contributed by atoms with E-state index in [1.54, 1.807) is 18.2 Å². The summed E-state index contributed by atoms with van der Waals surface area (Å²) in [5, 5.41) is 10.3. The van der Waals surface area contributed by atoms with Crippen LogP contribution < -0.4 is 11.1 Å². The second kappa shape index (κ2) is 7.70. The van der Waals surface area contributed by atoms with Gasteiger partial charge in [0, 0.05) is 34.4 Å². The number of aryl methyl sites for hydroxylation is 1. The van der Waals surface area contributed by atoms with Crippen LogP contribution in [0.3, 0.4) is 0 Å². The van der Waals surface area contributed by atoms with Crippen molar-refractivity contribution in [1.29, 1.82) is 0 Å². The van der Waals surface area contributed by atoms with E-state index in [0.29, 0.717) is 11.1 Å². The molecular weight excluding hydrogens is 423 g/mol. The van der Waals surface area contributed by atoms with E-state index in [1.165, 1.54) is 11.0 Å². The number of aromatic amines is 1. The number of benzene rings is 2. The molecule has 1 aromatic heterocycles. The molecule has 0 atom stereocenters. The molecule has 2 aromatic carbocycles. The largest absolute Gasteiger partial charge is 0.405 e. The summed E-state index contributed by atoms with van der Waals surface area (Å²) in [7, 11) is 0.